The van der Waals surface area contributed by atoms with Gasteiger partial charge in [-0.2, -0.15) is 5.26 Å². The monoisotopic (exact) mass is 261 g/mol. The van der Waals surface area contributed by atoms with Gasteiger partial charge in [0.05, 0.1) is 6.07 Å². The molecule has 0 unspecified atom stereocenters. The molecule has 0 fully saturated rings. The van der Waals surface area contributed by atoms with Crippen LogP contribution in [0.2, 0.25) is 0 Å². The molecule has 0 bridgehead atoms. The van der Waals surface area contributed by atoms with Crippen LogP contribution in [0.5, 0.6) is 0 Å². The number of aromatic nitrogens is 2. The highest BCUT2D eigenvalue weighted by Gasteiger charge is 2.10. The van der Waals surface area contributed by atoms with Gasteiger partial charge in [-0.15, -0.1) is 0 Å². The second-order valence-corrected chi connectivity index (χ2v) is 4.08. The van der Waals surface area contributed by atoms with E-state index in [9.17, 15) is 9.18 Å². The molecule has 98 valence electrons. The smallest absolute Gasteiger partial charge is 0.296 e. The molecule has 1 aromatic carbocycles. The summed E-state index contributed by atoms with van der Waals surface area (Å²) in [5.74, 6) is -0.361. The van der Waals surface area contributed by atoms with Gasteiger partial charge < -0.3 is 0 Å². The molecule has 19 heavy (non-hydrogen) atoms. The van der Waals surface area contributed by atoms with Crippen LogP contribution < -0.4 is 5.76 Å². The second-order valence-electron chi connectivity index (χ2n) is 4.08. The third-order valence-corrected chi connectivity index (χ3v) is 2.71. The van der Waals surface area contributed by atoms with Crippen molar-refractivity contribution >= 4 is 0 Å². The van der Waals surface area contributed by atoms with E-state index in [4.69, 9.17) is 5.26 Å². The van der Waals surface area contributed by atoms with Gasteiger partial charge >= 0.3 is 5.76 Å². The Bertz CT molecular complexity index is 637. The van der Waals surface area contributed by atoms with Crippen LogP contribution in [0, 0.1) is 17.1 Å². The van der Waals surface area contributed by atoms with Crippen LogP contribution in [0.25, 0.3) is 0 Å². The Morgan fingerprint density at radius 1 is 1.37 bits per heavy atom. The summed E-state index contributed by atoms with van der Waals surface area (Å²) in [6, 6.07) is 7.99. The van der Waals surface area contributed by atoms with Crippen LogP contribution in [-0.2, 0) is 13.0 Å². The molecule has 0 aliphatic heterocycles. The van der Waals surface area contributed by atoms with Crippen molar-refractivity contribution in [2.75, 3.05) is 0 Å². The number of unbranched alkanes of at least 4 members (excludes halogenated alkanes) is 1. The van der Waals surface area contributed by atoms with Crippen molar-refractivity contribution in [3.63, 3.8) is 0 Å². The molecule has 0 saturated carbocycles. The Morgan fingerprint density at radius 2 is 2.11 bits per heavy atom. The molecular formula is C13H12FN3O2. The van der Waals surface area contributed by atoms with E-state index in [0.717, 1.165) is 5.56 Å². The molecule has 5 nitrogen and oxygen atoms in total. The molecule has 0 atom stereocenters. The van der Waals surface area contributed by atoms with E-state index >= 15 is 0 Å². The summed E-state index contributed by atoms with van der Waals surface area (Å²) in [7, 11) is 0. The molecule has 0 radical (unpaired) electrons. The lowest BCUT2D eigenvalue weighted by Gasteiger charge is -2.03. The van der Waals surface area contributed by atoms with Gasteiger partial charge in [-0.1, -0.05) is 17.3 Å². The van der Waals surface area contributed by atoms with Gasteiger partial charge in [0.15, 0.2) is 5.82 Å². The Kier molecular flexibility index (Phi) is 4.08. The number of benzene rings is 1. The van der Waals surface area contributed by atoms with Gasteiger partial charge in [0.2, 0.25) is 0 Å². The topological polar surface area (TPSA) is 71.8 Å². The first-order chi connectivity index (χ1) is 9.20. The van der Waals surface area contributed by atoms with Gasteiger partial charge in [0, 0.05) is 19.4 Å². The van der Waals surface area contributed by atoms with Crippen molar-refractivity contribution in [3.8, 4) is 6.07 Å². The molecule has 2 aromatic rings. The van der Waals surface area contributed by atoms with E-state index in [1.807, 2.05) is 6.07 Å². The number of nitrogens with zero attached hydrogens (tertiary/aromatic N) is 3. The first kappa shape index (κ1) is 13.0. The molecule has 0 aliphatic rings. The van der Waals surface area contributed by atoms with Crippen molar-refractivity contribution in [1.29, 1.82) is 5.26 Å². The predicted octanol–water partition coefficient (Wildman–Crippen LogP) is 1.87. The summed E-state index contributed by atoms with van der Waals surface area (Å²) in [6.07, 6.45) is 1.32. The molecule has 0 amide bonds. The van der Waals surface area contributed by atoms with Crippen LogP contribution in [0.1, 0.15) is 24.2 Å². The number of rotatable bonds is 5. The highest BCUT2D eigenvalue weighted by Crippen LogP contribution is 2.08. The molecule has 6 heteroatoms. The normalized spacial score (nSPS) is 10.3. The Balaban J connectivity index is 2.14. The standard InChI is InChI=1S/C13H12FN3O2/c14-11-5-3-10(4-6-11)9-12-16-19-13(18)17(12)8-2-1-7-15/h3-6H,1-2,8-9H2. The summed E-state index contributed by atoms with van der Waals surface area (Å²) in [5.41, 5.74) is 0.837. The van der Waals surface area contributed by atoms with Gasteiger partial charge in [-0.25, -0.2) is 9.18 Å². The molecule has 0 N–H and O–H groups in total. The van der Waals surface area contributed by atoms with E-state index in [1.165, 1.54) is 16.7 Å². The van der Waals surface area contributed by atoms with Crippen LogP contribution >= 0.6 is 0 Å². The van der Waals surface area contributed by atoms with Crippen molar-refractivity contribution < 1.29 is 8.91 Å². The van der Waals surface area contributed by atoms with Gasteiger partial charge in [0.25, 0.3) is 0 Å². The number of hydrogen-bond acceptors (Lipinski definition) is 4. The van der Waals surface area contributed by atoms with Crippen molar-refractivity contribution in [3.05, 3.63) is 52.0 Å². The largest absolute Gasteiger partial charge is 0.441 e. The summed E-state index contributed by atoms with van der Waals surface area (Å²) in [4.78, 5) is 11.5. The maximum Gasteiger partial charge on any atom is 0.441 e. The maximum atomic E-state index is 12.8. The fourth-order valence-corrected chi connectivity index (χ4v) is 1.74. The zero-order valence-corrected chi connectivity index (χ0v) is 10.2. The zero-order valence-electron chi connectivity index (χ0n) is 10.2. The Labute approximate surface area is 108 Å². The van der Waals surface area contributed by atoms with Gasteiger partial charge in [-0.05, 0) is 24.1 Å². The van der Waals surface area contributed by atoms with Crippen molar-refractivity contribution in [1.82, 2.24) is 9.72 Å². The summed E-state index contributed by atoms with van der Waals surface area (Å²) >= 11 is 0. The first-order valence-electron chi connectivity index (χ1n) is 5.87. The molecule has 1 aromatic heterocycles. The fourth-order valence-electron chi connectivity index (χ4n) is 1.74. The highest BCUT2D eigenvalue weighted by atomic mass is 19.1. The SMILES string of the molecule is N#CCCCn1c(Cc2ccc(F)cc2)noc1=O. The minimum absolute atomic E-state index is 0.310. The molecule has 1 heterocycles. The highest BCUT2D eigenvalue weighted by molar-refractivity contribution is 5.19. The van der Waals surface area contributed by atoms with Crippen LogP contribution in [0.4, 0.5) is 4.39 Å². The van der Waals surface area contributed by atoms with Gasteiger partial charge in [-0.3, -0.25) is 9.09 Å². The van der Waals surface area contributed by atoms with Crippen molar-refractivity contribution in [2.24, 2.45) is 0 Å². The minimum atomic E-state index is -0.532. The average molecular weight is 261 g/mol. The molecule has 2 rings (SSSR count). The van der Waals surface area contributed by atoms with Crippen LogP contribution in [0.15, 0.2) is 33.6 Å². The predicted molar refractivity (Wildman–Crippen MR) is 64.8 cm³/mol. The van der Waals surface area contributed by atoms with E-state index in [1.54, 1.807) is 12.1 Å². The van der Waals surface area contributed by atoms with E-state index in [-0.39, 0.29) is 5.82 Å². The summed E-state index contributed by atoms with van der Waals surface area (Å²) in [5, 5.41) is 12.2. The minimum Gasteiger partial charge on any atom is -0.296 e. The number of hydrogen-bond donors (Lipinski definition) is 0. The zero-order chi connectivity index (χ0) is 13.7. The lowest BCUT2D eigenvalue weighted by molar-refractivity contribution is 0.372. The Hall–Kier alpha value is -2.42. The van der Waals surface area contributed by atoms with E-state index < -0.39 is 5.76 Å². The average Bonchev–Trinajstić information content (AvgIpc) is 2.74. The maximum absolute atomic E-state index is 12.8. The molecule has 0 aliphatic carbocycles. The third kappa shape index (κ3) is 3.28. The molecular weight excluding hydrogens is 249 g/mol. The molecule has 0 saturated heterocycles. The molecule has 0 spiro atoms. The van der Waals surface area contributed by atoms with Crippen LogP contribution in [0.3, 0.4) is 0 Å². The number of halogens is 1. The Morgan fingerprint density at radius 3 is 2.79 bits per heavy atom. The first-order valence-corrected chi connectivity index (χ1v) is 5.87. The van der Waals surface area contributed by atoms with Crippen LogP contribution in [-0.4, -0.2) is 9.72 Å². The van der Waals surface area contributed by atoms with Crippen molar-refractivity contribution in [2.45, 2.75) is 25.8 Å². The summed E-state index contributed by atoms with van der Waals surface area (Å²) in [6.45, 7) is 0.395. The lowest BCUT2D eigenvalue weighted by Crippen LogP contribution is -2.17. The quantitative estimate of drug-likeness (QED) is 0.770. The number of nitriles is 1. The fraction of sp³-hybridized carbons (Fsp3) is 0.308. The lowest BCUT2D eigenvalue weighted by atomic mass is 10.1. The van der Waals surface area contributed by atoms with E-state index in [2.05, 4.69) is 9.68 Å². The third-order valence-electron chi connectivity index (χ3n) is 2.71. The second kappa shape index (κ2) is 5.96. The summed E-state index contributed by atoms with van der Waals surface area (Å²) < 4.78 is 18.8. The van der Waals surface area contributed by atoms with E-state index in [0.29, 0.717) is 31.6 Å². The van der Waals surface area contributed by atoms with Gasteiger partial charge in [0.1, 0.15) is 5.82 Å².